The molecule has 1 aliphatic carbocycles. The zero-order valence-corrected chi connectivity index (χ0v) is 14.3. The van der Waals surface area contributed by atoms with Gasteiger partial charge in [-0.15, -0.1) is 0 Å². The van der Waals surface area contributed by atoms with Gasteiger partial charge in [0.05, 0.1) is 5.56 Å². The molecule has 4 rings (SSSR count). The van der Waals surface area contributed by atoms with E-state index in [1.165, 1.54) is 12.1 Å². The second kappa shape index (κ2) is 6.54. The average Bonchev–Trinajstić information content (AvgIpc) is 2.94. The molecule has 0 aromatic heterocycles. The number of carbonyl (C=O) groups excluding carboxylic acids is 1. The molecule has 0 aliphatic heterocycles. The van der Waals surface area contributed by atoms with Gasteiger partial charge in [-0.2, -0.15) is 13.2 Å². The van der Waals surface area contributed by atoms with Gasteiger partial charge in [-0.25, -0.2) is 0 Å². The van der Waals surface area contributed by atoms with Gasteiger partial charge in [-0.1, -0.05) is 72.8 Å². The molecule has 0 atom stereocenters. The molecule has 3 aromatic rings. The maximum Gasteiger partial charge on any atom is 0.416 e. The molecule has 0 amide bonds. The number of allylic oxidation sites excluding steroid dienone is 1. The van der Waals surface area contributed by atoms with Gasteiger partial charge in [0.15, 0.2) is 5.78 Å². The molecule has 0 heterocycles. The first-order chi connectivity index (χ1) is 13.0. The predicted octanol–water partition coefficient (Wildman–Crippen LogP) is 5.95. The van der Waals surface area contributed by atoms with Gasteiger partial charge in [0.1, 0.15) is 0 Å². The second-order valence-corrected chi connectivity index (χ2v) is 6.43. The third-order valence-electron chi connectivity index (χ3n) is 4.77. The maximum absolute atomic E-state index is 13.4. The van der Waals surface area contributed by atoms with Gasteiger partial charge in [0.2, 0.25) is 0 Å². The van der Waals surface area contributed by atoms with Crippen LogP contribution in [-0.4, -0.2) is 5.78 Å². The van der Waals surface area contributed by atoms with Gasteiger partial charge in [0, 0.05) is 17.6 Å². The molecule has 0 spiro atoms. The van der Waals surface area contributed by atoms with Crippen molar-refractivity contribution in [1.82, 2.24) is 0 Å². The minimum absolute atomic E-state index is 0.0621. The largest absolute Gasteiger partial charge is 0.416 e. The van der Waals surface area contributed by atoms with Crippen molar-refractivity contribution >= 4 is 11.4 Å². The van der Waals surface area contributed by atoms with E-state index in [-0.39, 0.29) is 17.8 Å². The number of halogens is 3. The minimum Gasteiger partial charge on any atom is -0.289 e. The molecule has 0 saturated heterocycles. The number of carbonyl (C=O) groups is 1. The Hall–Kier alpha value is -3.14. The Balaban J connectivity index is 1.89. The third kappa shape index (κ3) is 3.08. The quantitative estimate of drug-likeness (QED) is 0.562. The fourth-order valence-electron chi connectivity index (χ4n) is 3.58. The summed E-state index contributed by atoms with van der Waals surface area (Å²) in [4.78, 5) is 13.0. The van der Waals surface area contributed by atoms with E-state index in [0.717, 1.165) is 17.2 Å². The lowest BCUT2D eigenvalue weighted by Gasteiger charge is -2.14. The van der Waals surface area contributed by atoms with Gasteiger partial charge in [0.25, 0.3) is 0 Å². The number of rotatable bonds is 3. The Morgan fingerprint density at radius 3 is 2.00 bits per heavy atom. The summed E-state index contributed by atoms with van der Waals surface area (Å²) in [5, 5.41) is 0. The van der Waals surface area contributed by atoms with Crippen LogP contribution in [0.25, 0.3) is 5.57 Å². The van der Waals surface area contributed by atoms with Crippen molar-refractivity contribution in [2.24, 2.45) is 0 Å². The van der Waals surface area contributed by atoms with Crippen LogP contribution in [0, 0.1) is 0 Å². The number of benzene rings is 3. The molecule has 1 nitrogen and oxygen atoms in total. The Morgan fingerprint density at radius 1 is 0.704 bits per heavy atom. The number of alkyl halides is 3. The Morgan fingerprint density at radius 2 is 1.30 bits per heavy atom. The predicted molar refractivity (Wildman–Crippen MR) is 98.4 cm³/mol. The first kappa shape index (κ1) is 17.3. The summed E-state index contributed by atoms with van der Waals surface area (Å²) in [7, 11) is 0. The Kier molecular flexibility index (Phi) is 4.19. The fraction of sp³-hybridized carbons (Fsp3) is 0.0870. The smallest absolute Gasteiger partial charge is 0.289 e. The Bertz CT molecular complexity index is 1050. The van der Waals surface area contributed by atoms with Crippen LogP contribution in [-0.2, 0) is 12.6 Å². The molecule has 0 saturated carbocycles. The van der Waals surface area contributed by atoms with E-state index in [1.54, 1.807) is 18.2 Å². The van der Waals surface area contributed by atoms with Crippen molar-refractivity contribution in [3.8, 4) is 0 Å². The molecular weight excluding hydrogens is 349 g/mol. The molecule has 0 radical (unpaired) electrons. The molecule has 0 fully saturated rings. The molecule has 0 N–H and O–H groups in total. The fourth-order valence-corrected chi connectivity index (χ4v) is 3.58. The van der Waals surface area contributed by atoms with Crippen LogP contribution >= 0.6 is 0 Å². The molecule has 1 aliphatic rings. The van der Waals surface area contributed by atoms with Gasteiger partial charge in [-0.3, -0.25) is 4.79 Å². The van der Waals surface area contributed by atoms with Gasteiger partial charge >= 0.3 is 6.18 Å². The molecule has 27 heavy (non-hydrogen) atoms. The van der Waals surface area contributed by atoms with Crippen molar-refractivity contribution in [2.75, 3.05) is 0 Å². The average molecular weight is 364 g/mol. The highest BCUT2D eigenvalue weighted by atomic mass is 19.4. The highest BCUT2D eigenvalue weighted by molar-refractivity contribution is 6.23. The minimum atomic E-state index is -4.46. The molecule has 0 bridgehead atoms. The SMILES string of the molecule is O=C1C(Cc2ccccc2C(F)(F)F)=C(c2ccccc2)c2ccccc21. The summed E-state index contributed by atoms with van der Waals surface area (Å²) < 4.78 is 40.2. The maximum atomic E-state index is 13.4. The number of Topliss-reactive ketones (excluding diaryl/α,β-unsaturated/α-hetero) is 1. The van der Waals surface area contributed by atoms with E-state index in [9.17, 15) is 18.0 Å². The van der Waals surface area contributed by atoms with Crippen molar-refractivity contribution < 1.29 is 18.0 Å². The van der Waals surface area contributed by atoms with Crippen LogP contribution in [0.3, 0.4) is 0 Å². The first-order valence-electron chi connectivity index (χ1n) is 8.54. The normalized spacial score (nSPS) is 13.8. The molecular formula is C23H15F3O. The number of hydrogen-bond acceptors (Lipinski definition) is 1. The van der Waals surface area contributed by atoms with E-state index in [0.29, 0.717) is 16.7 Å². The highest BCUT2D eigenvalue weighted by Crippen LogP contribution is 2.40. The summed E-state index contributed by atoms with van der Waals surface area (Å²) >= 11 is 0. The van der Waals surface area contributed by atoms with E-state index in [2.05, 4.69) is 0 Å². The Labute approximate surface area is 154 Å². The summed E-state index contributed by atoms with van der Waals surface area (Å²) in [6, 6.07) is 21.9. The zero-order chi connectivity index (χ0) is 19.0. The number of hydrogen-bond donors (Lipinski definition) is 0. The molecule has 0 unspecified atom stereocenters. The van der Waals surface area contributed by atoms with Crippen molar-refractivity contribution in [3.63, 3.8) is 0 Å². The first-order valence-corrected chi connectivity index (χ1v) is 8.54. The van der Waals surface area contributed by atoms with Crippen molar-refractivity contribution in [1.29, 1.82) is 0 Å². The van der Waals surface area contributed by atoms with Crippen molar-refractivity contribution in [2.45, 2.75) is 12.6 Å². The monoisotopic (exact) mass is 364 g/mol. The van der Waals surface area contributed by atoms with Crippen LogP contribution in [0.5, 0.6) is 0 Å². The van der Waals surface area contributed by atoms with Crippen LogP contribution < -0.4 is 0 Å². The molecule has 134 valence electrons. The van der Waals surface area contributed by atoms with Crippen molar-refractivity contribution in [3.05, 3.63) is 112 Å². The summed E-state index contributed by atoms with van der Waals surface area (Å²) in [5.41, 5.74) is 2.66. The topological polar surface area (TPSA) is 17.1 Å². The van der Waals surface area contributed by atoms with E-state index in [1.807, 2.05) is 42.5 Å². The zero-order valence-electron chi connectivity index (χ0n) is 14.3. The third-order valence-corrected chi connectivity index (χ3v) is 4.77. The van der Waals surface area contributed by atoms with E-state index < -0.39 is 11.7 Å². The van der Waals surface area contributed by atoms with Crippen LogP contribution in [0.4, 0.5) is 13.2 Å². The van der Waals surface area contributed by atoms with E-state index >= 15 is 0 Å². The standard InChI is InChI=1S/C23H15F3O/c24-23(25,26)20-13-7-4-10-16(20)14-19-21(15-8-2-1-3-9-15)17-11-5-6-12-18(17)22(19)27/h1-13H,14H2. The number of ketones is 1. The van der Waals surface area contributed by atoms with Crippen LogP contribution in [0.2, 0.25) is 0 Å². The summed E-state index contributed by atoms with van der Waals surface area (Å²) in [5.74, 6) is -0.207. The lowest BCUT2D eigenvalue weighted by molar-refractivity contribution is -0.138. The van der Waals surface area contributed by atoms with Gasteiger partial charge < -0.3 is 0 Å². The highest BCUT2D eigenvalue weighted by Gasteiger charge is 2.35. The van der Waals surface area contributed by atoms with Crippen LogP contribution in [0.1, 0.15) is 32.6 Å². The molecule has 3 aromatic carbocycles. The summed E-state index contributed by atoms with van der Waals surface area (Å²) in [6.07, 6.45) is -4.52. The number of fused-ring (bicyclic) bond motifs is 1. The lowest BCUT2D eigenvalue weighted by Crippen LogP contribution is -2.11. The van der Waals surface area contributed by atoms with Crippen LogP contribution in [0.15, 0.2) is 84.4 Å². The summed E-state index contributed by atoms with van der Waals surface area (Å²) in [6.45, 7) is 0. The second-order valence-electron chi connectivity index (χ2n) is 6.43. The lowest BCUT2D eigenvalue weighted by atomic mass is 9.93. The van der Waals surface area contributed by atoms with Gasteiger partial charge in [-0.05, 0) is 28.3 Å². The van der Waals surface area contributed by atoms with E-state index in [4.69, 9.17) is 0 Å². The molecule has 4 heteroatoms.